The predicted molar refractivity (Wildman–Crippen MR) is 235 cm³/mol. The Labute approximate surface area is 372 Å². The van der Waals surface area contributed by atoms with Gasteiger partial charge < -0.3 is 37.3 Å². The lowest BCUT2D eigenvalue weighted by atomic mass is 9.98. The highest BCUT2D eigenvalue weighted by molar-refractivity contribution is 6.31. The fourth-order valence-electron chi connectivity index (χ4n) is 6.38. The molecule has 12 nitrogen and oxygen atoms in total. The van der Waals surface area contributed by atoms with Gasteiger partial charge in [-0.1, -0.05) is 59.6 Å². The first-order valence-corrected chi connectivity index (χ1v) is 19.9. The molecule has 2 aromatic heterocycles. The average molecular weight is 907 g/mol. The molecule has 17 heteroatoms. The van der Waals surface area contributed by atoms with Gasteiger partial charge in [0.1, 0.15) is 23.1 Å². The summed E-state index contributed by atoms with van der Waals surface area (Å²) in [7, 11) is 3.01. The zero-order valence-corrected chi connectivity index (χ0v) is 36.1. The molecule has 3 N–H and O–H groups in total. The Bertz CT molecular complexity index is 2490. The van der Waals surface area contributed by atoms with E-state index in [1.54, 1.807) is 102 Å². The Hall–Kier alpha value is -5.93. The van der Waals surface area contributed by atoms with Crippen molar-refractivity contribution < 1.29 is 38.1 Å². The van der Waals surface area contributed by atoms with Gasteiger partial charge in [0.15, 0.2) is 0 Å². The minimum atomic E-state index is -0.812. The number of carbonyl (C=O) groups is 2. The molecule has 0 radical (unpaired) electrons. The van der Waals surface area contributed by atoms with Crippen LogP contribution in [-0.2, 0) is 22.4 Å². The van der Waals surface area contributed by atoms with Gasteiger partial charge in [-0.25, -0.2) is 28.7 Å². The summed E-state index contributed by atoms with van der Waals surface area (Å²) < 4.78 is 41.2. The lowest BCUT2D eigenvalue weighted by Gasteiger charge is -2.36. The summed E-state index contributed by atoms with van der Waals surface area (Å²) in [4.78, 5) is 39.1. The first kappa shape index (κ1) is 47.1. The van der Waals surface area contributed by atoms with Crippen molar-refractivity contribution in [1.29, 1.82) is 0 Å². The summed E-state index contributed by atoms with van der Waals surface area (Å²) in [6.45, 7) is 2.08. The van der Waals surface area contributed by atoms with Crippen LogP contribution in [0.4, 0.5) is 14.7 Å². The van der Waals surface area contributed by atoms with E-state index in [0.717, 1.165) is 11.1 Å². The number of nitrogens with zero attached hydrogens (tertiary/aromatic N) is 5. The maximum Gasteiger partial charge on any atom is 0.310 e. The van der Waals surface area contributed by atoms with E-state index in [1.807, 2.05) is 0 Å². The van der Waals surface area contributed by atoms with Crippen molar-refractivity contribution in [2.45, 2.75) is 12.8 Å². The molecule has 0 aliphatic carbocycles. The van der Waals surface area contributed by atoms with Crippen LogP contribution in [0.1, 0.15) is 22.3 Å². The van der Waals surface area contributed by atoms with E-state index in [4.69, 9.17) is 54.5 Å². The minimum absolute atomic E-state index is 0. The molecular formula is C45H42Cl3F2N6O6-. The highest BCUT2D eigenvalue weighted by Crippen LogP contribution is 2.37. The van der Waals surface area contributed by atoms with Crippen molar-refractivity contribution in [3.63, 3.8) is 0 Å². The van der Waals surface area contributed by atoms with Gasteiger partial charge in [0, 0.05) is 73.9 Å². The molecule has 2 aliphatic heterocycles. The quantitative estimate of drug-likeness (QED) is 0.0838. The van der Waals surface area contributed by atoms with Crippen LogP contribution in [0.5, 0.6) is 11.5 Å². The smallest absolute Gasteiger partial charge is 0.310 e. The Balaban J connectivity index is 0.000000203. The Kier molecular flexibility index (Phi) is 16.5. The molecule has 0 spiro atoms. The van der Waals surface area contributed by atoms with Crippen LogP contribution in [0.3, 0.4) is 0 Å². The molecule has 4 aromatic carbocycles. The molecule has 4 heterocycles. The molecule has 0 unspecified atom stereocenters. The third-order valence-corrected chi connectivity index (χ3v) is 10.5. The summed E-state index contributed by atoms with van der Waals surface area (Å²) in [6, 6.07) is 20.8. The largest absolute Gasteiger partial charge is 0.496 e. The SMILES string of the molecule is COc1ccc(Cc2cnc(Cl)nc2)c(F)c1-c1cccc(Cl)c1.COc1ccc(Cc2cnc(N3CC(C(=O)O)C3)nc2)c(F)c1-c1cccc(Cl)c1.O=C(O)C1CNC1.[CH3-]. The van der Waals surface area contributed by atoms with Crippen LogP contribution >= 0.6 is 34.8 Å². The fourth-order valence-corrected chi connectivity index (χ4v) is 6.85. The minimum Gasteiger partial charge on any atom is -0.496 e. The van der Waals surface area contributed by atoms with Gasteiger partial charge in [0.25, 0.3) is 0 Å². The summed E-state index contributed by atoms with van der Waals surface area (Å²) in [5.74, 6) is -1.37. The number of ether oxygens (including phenoxy) is 2. The van der Waals surface area contributed by atoms with E-state index in [1.165, 1.54) is 14.2 Å². The van der Waals surface area contributed by atoms with E-state index in [2.05, 4.69) is 25.3 Å². The molecule has 2 aliphatic rings. The Morgan fingerprint density at radius 2 is 1.13 bits per heavy atom. The number of anilines is 1. The van der Waals surface area contributed by atoms with Gasteiger partial charge in [0.2, 0.25) is 11.2 Å². The Morgan fingerprint density at radius 1 is 0.694 bits per heavy atom. The lowest BCUT2D eigenvalue weighted by Crippen LogP contribution is -2.51. The van der Waals surface area contributed by atoms with Crippen LogP contribution in [0.2, 0.25) is 15.3 Å². The fraction of sp³-hybridized carbons (Fsp3) is 0.222. The van der Waals surface area contributed by atoms with Crippen LogP contribution in [0.25, 0.3) is 22.3 Å². The van der Waals surface area contributed by atoms with Gasteiger partial charge in [-0.15, -0.1) is 0 Å². The molecule has 324 valence electrons. The zero-order chi connectivity index (χ0) is 43.6. The average Bonchev–Trinajstić information content (AvgIpc) is 3.19. The zero-order valence-electron chi connectivity index (χ0n) is 33.8. The van der Waals surface area contributed by atoms with Gasteiger partial charge in [-0.05, 0) is 81.4 Å². The van der Waals surface area contributed by atoms with Crippen molar-refractivity contribution in [3.05, 3.63) is 154 Å². The van der Waals surface area contributed by atoms with Gasteiger partial charge in [0.05, 0.1) is 37.2 Å². The summed E-state index contributed by atoms with van der Waals surface area (Å²) >= 11 is 17.8. The van der Waals surface area contributed by atoms with Crippen LogP contribution in [0.15, 0.2) is 97.6 Å². The molecule has 6 aromatic rings. The second-order valence-electron chi connectivity index (χ2n) is 14.0. The van der Waals surface area contributed by atoms with Crippen LogP contribution < -0.4 is 19.7 Å². The molecule has 0 saturated carbocycles. The van der Waals surface area contributed by atoms with E-state index in [0.29, 0.717) is 99.9 Å². The first-order valence-electron chi connectivity index (χ1n) is 18.8. The summed E-state index contributed by atoms with van der Waals surface area (Å²) in [5.41, 5.74) is 4.54. The normalized spacial score (nSPS) is 13.2. The third-order valence-electron chi connectivity index (χ3n) is 9.83. The molecule has 2 fully saturated rings. The van der Waals surface area contributed by atoms with Crippen molar-refractivity contribution in [3.8, 4) is 33.8 Å². The number of rotatable bonds is 11. The number of methoxy groups -OCH3 is 2. The lowest BCUT2D eigenvalue weighted by molar-refractivity contribution is -0.143. The Morgan fingerprint density at radius 3 is 1.48 bits per heavy atom. The van der Waals surface area contributed by atoms with Crippen LogP contribution in [-0.4, -0.2) is 82.5 Å². The first-order chi connectivity index (χ1) is 29.3. The highest BCUT2D eigenvalue weighted by atomic mass is 35.5. The number of carboxylic acids is 2. The van der Waals surface area contributed by atoms with E-state index < -0.39 is 11.9 Å². The third kappa shape index (κ3) is 11.7. The summed E-state index contributed by atoms with van der Waals surface area (Å²) in [5, 5.41) is 21.2. The number of aromatic nitrogens is 4. The molecular weight excluding hydrogens is 865 g/mol. The van der Waals surface area contributed by atoms with Crippen molar-refractivity contribution in [2.24, 2.45) is 11.8 Å². The van der Waals surface area contributed by atoms with E-state index in [-0.39, 0.29) is 36.2 Å². The molecule has 8 rings (SSSR count). The highest BCUT2D eigenvalue weighted by Gasteiger charge is 2.34. The van der Waals surface area contributed by atoms with Crippen molar-refractivity contribution >= 4 is 52.7 Å². The van der Waals surface area contributed by atoms with Gasteiger partial charge >= 0.3 is 11.9 Å². The van der Waals surface area contributed by atoms with Gasteiger partial charge in [-0.3, -0.25) is 9.59 Å². The van der Waals surface area contributed by atoms with Crippen molar-refractivity contribution in [2.75, 3.05) is 45.3 Å². The maximum atomic E-state index is 15.4. The second kappa shape index (κ2) is 21.7. The molecule has 0 bridgehead atoms. The van der Waals surface area contributed by atoms with Crippen LogP contribution in [0, 0.1) is 30.9 Å². The molecule has 0 atom stereocenters. The maximum absolute atomic E-state index is 15.4. The molecule has 2 saturated heterocycles. The number of hydrogen-bond acceptors (Lipinski definition) is 10. The number of aliphatic carboxylic acids is 2. The second-order valence-corrected chi connectivity index (χ2v) is 15.2. The van der Waals surface area contributed by atoms with E-state index >= 15 is 8.78 Å². The standard InChI is InChI=1S/C22H19ClFN3O3.C18H13Cl2FN2O.C4H7NO2.CH3/c1-30-18-6-5-15(20(24)19(18)14-3-2-4-17(23)8-14)7-13-9-25-22(26-10-13)27-11-16(12-27)21(28)29;1-24-15-6-5-13(7-11-9-22-18(20)23-10-11)17(21)16(15)12-3-2-4-14(19)8-12;6-4(7)3-1-5-2-3;/h2-6,8-10,16H,7,11-12H2,1H3,(H,28,29);2-6,8-10H,7H2,1H3;3,5H,1-2H2,(H,6,7);1H3/q;;;-1. The number of benzene rings is 4. The monoisotopic (exact) mass is 905 g/mol. The predicted octanol–water partition coefficient (Wildman–Crippen LogP) is 8.99. The van der Waals surface area contributed by atoms with E-state index in [9.17, 15) is 9.59 Å². The number of nitrogens with one attached hydrogen (secondary N) is 1. The summed E-state index contributed by atoms with van der Waals surface area (Å²) in [6.07, 6.45) is 7.09. The number of hydrogen-bond donors (Lipinski definition) is 3. The van der Waals surface area contributed by atoms with Crippen molar-refractivity contribution in [1.82, 2.24) is 25.3 Å². The topological polar surface area (TPSA) is 160 Å². The molecule has 62 heavy (non-hydrogen) atoms. The number of carboxylic acid groups (broad SMARTS) is 2. The van der Waals surface area contributed by atoms with Gasteiger partial charge in [-0.2, -0.15) is 0 Å². The molecule has 0 amide bonds. The number of halogens is 5.